The highest BCUT2D eigenvalue weighted by Crippen LogP contribution is 2.29. The molecule has 4 nitrogen and oxygen atoms in total. The van der Waals surface area contributed by atoms with Crippen molar-refractivity contribution in [3.8, 4) is 0 Å². The number of alkyl halides is 3. The SMILES string of the molecule is C[C@H](OC(=O)c1cc(Cl)cc(Cl)c1)C(=O)Nc1ccc(C(F)(F)F)cc1. The first-order valence-electron chi connectivity index (χ1n) is 7.21. The zero-order valence-electron chi connectivity index (χ0n) is 13.2. The zero-order valence-corrected chi connectivity index (χ0v) is 14.7. The summed E-state index contributed by atoms with van der Waals surface area (Å²) in [4.78, 5) is 24.1. The highest BCUT2D eigenvalue weighted by molar-refractivity contribution is 6.35. The highest BCUT2D eigenvalue weighted by atomic mass is 35.5. The van der Waals surface area contributed by atoms with Gasteiger partial charge in [0.25, 0.3) is 5.91 Å². The van der Waals surface area contributed by atoms with Crippen LogP contribution in [0.15, 0.2) is 42.5 Å². The fraction of sp³-hybridized carbons (Fsp3) is 0.176. The largest absolute Gasteiger partial charge is 0.449 e. The summed E-state index contributed by atoms with van der Waals surface area (Å²) in [6, 6.07) is 7.96. The molecule has 0 aliphatic carbocycles. The van der Waals surface area contributed by atoms with Gasteiger partial charge in [-0.1, -0.05) is 23.2 Å². The standard InChI is InChI=1S/C17H12Cl2F3NO3/c1-9(26-16(25)10-6-12(18)8-13(19)7-10)15(24)23-14-4-2-11(3-5-14)17(20,21)22/h2-9H,1H3,(H,23,24)/t9-/m0/s1. The molecular weight excluding hydrogens is 394 g/mol. The second-order valence-corrected chi connectivity index (χ2v) is 6.14. The van der Waals surface area contributed by atoms with Gasteiger partial charge in [-0.25, -0.2) is 4.79 Å². The molecule has 2 aromatic rings. The molecule has 0 radical (unpaired) electrons. The maximum atomic E-state index is 12.5. The molecule has 0 bridgehead atoms. The van der Waals surface area contributed by atoms with Gasteiger partial charge in [-0.05, 0) is 49.4 Å². The summed E-state index contributed by atoms with van der Waals surface area (Å²) in [5, 5.41) is 2.82. The number of carbonyl (C=O) groups excluding carboxylic acids is 2. The van der Waals surface area contributed by atoms with Gasteiger partial charge in [0.05, 0.1) is 11.1 Å². The average molecular weight is 406 g/mol. The number of anilines is 1. The molecule has 1 N–H and O–H groups in total. The molecule has 26 heavy (non-hydrogen) atoms. The van der Waals surface area contributed by atoms with E-state index in [0.717, 1.165) is 24.3 Å². The van der Waals surface area contributed by atoms with Crippen LogP contribution in [0.2, 0.25) is 10.0 Å². The summed E-state index contributed by atoms with van der Waals surface area (Å²) in [5.74, 6) is -1.52. The molecule has 9 heteroatoms. The van der Waals surface area contributed by atoms with Crippen molar-refractivity contribution in [3.63, 3.8) is 0 Å². The molecule has 0 aliphatic heterocycles. The van der Waals surface area contributed by atoms with Crippen molar-refractivity contribution in [1.82, 2.24) is 0 Å². The molecule has 0 unspecified atom stereocenters. The van der Waals surface area contributed by atoms with Crippen molar-refractivity contribution in [2.75, 3.05) is 5.32 Å². The number of benzene rings is 2. The average Bonchev–Trinajstić information content (AvgIpc) is 2.53. The molecule has 0 aromatic heterocycles. The molecule has 0 fully saturated rings. The molecule has 1 atom stereocenters. The minimum atomic E-state index is -4.47. The van der Waals surface area contributed by atoms with Crippen molar-refractivity contribution in [1.29, 1.82) is 0 Å². The molecule has 2 aromatic carbocycles. The van der Waals surface area contributed by atoms with E-state index < -0.39 is 29.7 Å². The first kappa shape index (κ1) is 20.1. The summed E-state index contributed by atoms with van der Waals surface area (Å²) in [6.07, 6.45) is -5.66. The van der Waals surface area contributed by atoms with Crippen LogP contribution in [0.1, 0.15) is 22.8 Å². The minimum absolute atomic E-state index is 0.0664. The van der Waals surface area contributed by atoms with E-state index in [2.05, 4.69) is 5.32 Å². The first-order valence-corrected chi connectivity index (χ1v) is 7.97. The van der Waals surface area contributed by atoms with Crippen LogP contribution in [-0.4, -0.2) is 18.0 Å². The molecule has 0 spiro atoms. The topological polar surface area (TPSA) is 55.4 Å². The third-order valence-corrected chi connectivity index (χ3v) is 3.67. The van der Waals surface area contributed by atoms with Gasteiger partial charge in [0, 0.05) is 15.7 Å². The van der Waals surface area contributed by atoms with Gasteiger partial charge in [-0.15, -0.1) is 0 Å². The van der Waals surface area contributed by atoms with Gasteiger partial charge >= 0.3 is 12.1 Å². The van der Waals surface area contributed by atoms with Crippen molar-refractivity contribution in [2.45, 2.75) is 19.2 Å². The Balaban J connectivity index is 2.00. The smallest absolute Gasteiger partial charge is 0.416 e. The summed E-state index contributed by atoms with van der Waals surface area (Å²) >= 11 is 11.6. The Labute approximate surface area is 156 Å². The van der Waals surface area contributed by atoms with E-state index in [9.17, 15) is 22.8 Å². The molecule has 0 saturated carbocycles. The number of hydrogen-bond acceptors (Lipinski definition) is 3. The van der Waals surface area contributed by atoms with E-state index in [1.165, 1.54) is 25.1 Å². The molecule has 0 heterocycles. The van der Waals surface area contributed by atoms with Crippen LogP contribution < -0.4 is 5.32 Å². The fourth-order valence-corrected chi connectivity index (χ4v) is 2.47. The Bertz CT molecular complexity index is 803. The predicted molar refractivity (Wildman–Crippen MR) is 91.4 cm³/mol. The number of ether oxygens (including phenoxy) is 1. The van der Waals surface area contributed by atoms with Crippen LogP contribution in [0, 0.1) is 0 Å². The van der Waals surface area contributed by atoms with Crippen LogP contribution in [0.4, 0.5) is 18.9 Å². The van der Waals surface area contributed by atoms with Crippen molar-refractivity contribution in [3.05, 3.63) is 63.6 Å². The van der Waals surface area contributed by atoms with E-state index in [1.807, 2.05) is 0 Å². The molecule has 1 amide bonds. The van der Waals surface area contributed by atoms with Gasteiger partial charge < -0.3 is 10.1 Å². The van der Waals surface area contributed by atoms with Crippen molar-refractivity contribution in [2.24, 2.45) is 0 Å². The quantitative estimate of drug-likeness (QED) is 0.711. The lowest BCUT2D eigenvalue weighted by atomic mass is 10.2. The Kier molecular flexibility index (Phi) is 6.15. The fourth-order valence-electron chi connectivity index (χ4n) is 1.94. The highest BCUT2D eigenvalue weighted by Gasteiger charge is 2.30. The van der Waals surface area contributed by atoms with Crippen LogP contribution in [0.3, 0.4) is 0 Å². The van der Waals surface area contributed by atoms with Crippen molar-refractivity contribution < 1.29 is 27.5 Å². The van der Waals surface area contributed by atoms with Gasteiger partial charge in [0.1, 0.15) is 0 Å². The van der Waals surface area contributed by atoms with Gasteiger partial charge in [-0.3, -0.25) is 4.79 Å². The second-order valence-electron chi connectivity index (χ2n) is 5.27. The summed E-state index contributed by atoms with van der Waals surface area (Å²) in [7, 11) is 0. The third-order valence-electron chi connectivity index (χ3n) is 3.23. The molecular formula is C17H12Cl2F3NO3. The number of carbonyl (C=O) groups is 2. The van der Waals surface area contributed by atoms with Crippen LogP contribution in [0.25, 0.3) is 0 Å². The van der Waals surface area contributed by atoms with Gasteiger partial charge in [-0.2, -0.15) is 13.2 Å². The predicted octanol–water partition coefficient (Wildman–Crippen LogP) is 5.20. The number of halogens is 5. The first-order chi connectivity index (χ1) is 12.1. The Morgan fingerprint density at radius 3 is 2.08 bits per heavy atom. The normalized spacial score (nSPS) is 12.4. The van der Waals surface area contributed by atoms with Gasteiger partial charge in [0.15, 0.2) is 6.10 Å². The summed E-state index contributed by atoms with van der Waals surface area (Å²) in [5.41, 5.74) is -0.638. The van der Waals surface area contributed by atoms with Crippen LogP contribution in [-0.2, 0) is 15.7 Å². The molecule has 0 aliphatic rings. The number of amides is 1. The van der Waals surface area contributed by atoms with Gasteiger partial charge in [0.2, 0.25) is 0 Å². The Morgan fingerprint density at radius 1 is 1.04 bits per heavy atom. The van der Waals surface area contributed by atoms with Crippen LogP contribution >= 0.6 is 23.2 Å². The lowest BCUT2D eigenvalue weighted by Crippen LogP contribution is -2.30. The Morgan fingerprint density at radius 2 is 1.58 bits per heavy atom. The second kappa shape index (κ2) is 7.97. The van der Waals surface area contributed by atoms with E-state index >= 15 is 0 Å². The number of esters is 1. The summed E-state index contributed by atoms with van der Waals surface area (Å²) in [6.45, 7) is 1.32. The molecule has 0 saturated heterocycles. The minimum Gasteiger partial charge on any atom is -0.449 e. The number of rotatable bonds is 4. The number of nitrogens with one attached hydrogen (secondary N) is 1. The third kappa shape index (κ3) is 5.37. The van der Waals surface area contributed by atoms with Crippen LogP contribution in [0.5, 0.6) is 0 Å². The maximum Gasteiger partial charge on any atom is 0.416 e. The summed E-state index contributed by atoms with van der Waals surface area (Å²) < 4.78 is 42.5. The van der Waals surface area contributed by atoms with E-state index in [4.69, 9.17) is 27.9 Å². The van der Waals surface area contributed by atoms with Crippen molar-refractivity contribution >= 4 is 40.8 Å². The zero-order chi connectivity index (χ0) is 19.5. The monoisotopic (exact) mass is 405 g/mol. The van der Waals surface area contributed by atoms with E-state index in [1.54, 1.807) is 0 Å². The number of hydrogen-bond donors (Lipinski definition) is 1. The van der Waals surface area contributed by atoms with E-state index in [0.29, 0.717) is 0 Å². The van der Waals surface area contributed by atoms with E-state index in [-0.39, 0.29) is 21.3 Å². The Hall–Kier alpha value is -2.25. The lowest BCUT2D eigenvalue weighted by Gasteiger charge is -2.14. The lowest BCUT2D eigenvalue weighted by molar-refractivity contribution is -0.137. The molecule has 2 rings (SSSR count). The molecule has 138 valence electrons. The maximum absolute atomic E-state index is 12.5.